The van der Waals surface area contributed by atoms with Crippen LogP contribution in [0.25, 0.3) is 0 Å². The van der Waals surface area contributed by atoms with E-state index in [-0.39, 0.29) is 4.32 Å². The summed E-state index contributed by atoms with van der Waals surface area (Å²) in [6.07, 6.45) is 5.43. The largest absolute Gasteiger partial charge is 0.197 e. The Hall–Kier alpha value is -0.0300. The van der Waals surface area contributed by atoms with Crippen molar-refractivity contribution in [2.24, 2.45) is 17.8 Å². The van der Waals surface area contributed by atoms with Gasteiger partial charge in [-0.3, -0.25) is 0 Å². The molecule has 2 aliphatic rings. The Labute approximate surface area is 82.3 Å². The fourth-order valence-electron chi connectivity index (χ4n) is 2.99. The number of nitrogens with zero attached hydrogens (tertiary/aromatic N) is 1. The standard InChI is InChI=1S/C10H14BrN/c1-10(11,6-12)9-5-7-2-3-8(9)4-7/h7-9H,2-5H2,1H3. The zero-order chi connectivity index (χ0) is 8.77. The van der Waals surface area contributed by atoms with Crippen LogP contribution in [0.5, 0.6) is 0 Å². The summed E-state index contributed by atoms with van der Waals surface area (Å²) in [6.45, 7) is 2.03. The Bertz CT molecular complexity index is 228. The number of nitriles is 1. The summed E-state index contributed by atoms with van der Waals surface area (Å²) in [5.74, 6) is 2.38. The van der Waals surface area contributed by atoms with Gasteiger partial charge in [0.15, 0.2) is 0 Å². The first-order chi connectivity index (χ1) is 5.63. The Morgan fingerprint density at radius 3 is 2.58 bits per heavy atom. The summed E-state index contributed by atoms with van der Waals surface area (Å²) < 4.78 is -0.257. The van der Waals surface area contributed by atoms with Gasteiger partial charge in [-0.05, 0) is 43.9 Å². The second kappa shape index (κ2) is 2.73. The third-order valence-corrected chi connectivity index (χ3v) is 4.42. The van der Waals surface area contributed by atoms with E-state index in [1.165, 1.54) is 25.7 Å². The number of fused-ring (bicyclic) bond motifs is 2. The van der Waals surface area contributed by atoms with Crippen molar-refractivity contribution >= 4 is 15.9 Å². The molecule has 2 rings (SSSR count). The summed E-state index contributed by atoms with van der Waals surface area (Å²) in [5, 5.41) is 8.99. The molecule has 0 N–H and O–H groups in total. The lowest BCUT2D eigenvalue weighted by molar-refractivity contribution is 0.304. The van der Waals surface area contributed by atoms with E-state index in [1.807, 2.05) is 6.92 Å². The summed E-state index contributed by atoms with van der Waals surface area (Å²) >= 11 is 3.55. The topological polar surface area (TPSA) is 23.8 Å². The maximum atomic E-state index is 8.99. The van der Waals surface area contributed by atoms with Crippen molar-refractivity contribution < 1.29 is 0 Å². The molecule has 2 aliphatic carbocycles. The molecule has 0 amide bonds. The zero-order valence-corrected chi connectivity index (χ0v) is 8.97. The van der Waals surface area contributed by atoms with Crippen molar-refractivity contribution in [1.82, 2.24) is 0 Å². The van der Waals surface area contributed by atoms with Crippen LogP contribution in [0.3, 0.4) is 0 Å². The lowest BCUT2D eigenvalue weighted by atomic mass is 9.81. The number of rotatable bonds is 1. The number of hydrogen-bond donors (Lipinski definition) is 0. The first-order valence-electron chi connectivity index (χ1n) is 4.73. The molecule has 2 fully saturated rings. The summed E-state index contributed by atoms with van der Waals surface area (Å²) in [6, 6.07) is 2.38. The van der Waals surface area contributed by atoms with Gasteiger partial charge in [-0.15, -0.1) is 0 Å². The van der Waals surface area contributed by atoms with E-state index in [2.05, 4.69) is 22.0 Å². The Balaban J connectivity index is 2.13. The molecule has 12 heavy (non-hydrogen) atoms. The highest BCUT2D eigenvalue weighted by atomic mass is 79.9. The van der Waals surface area contributed by atoms with Gasteiger partial charge in [-0.25, -0.2) is 0 Å². The summed E-state index contributed by atoms with van der Waals surface area (Å²) in [4.78, 5) is 0. The smallest absolute Gasteiger partial charge is 0.112 e. The molecule has 0 aliphatic heterocycles. The molecule has 0 aromatic heterocycles. The average Bonchev–Trinajstić information content (AvgIpc) is 2.64. The van der Waals surface area contributed by atoms with Crippen LogP contribution in [0.4, 0.5) is 0 Å². The SMILES string of the molecule is CC(Br)(C#N)C1CC2CCC1C2. The molecule has 0 aromatic carbocycles. The molecule has 0 aromatic rings. The predicted octanol–water partition coefficient (Wildman–Crippen LogP) is 3.10. The second-order valence-electron chi connectivity index (χ2n) is 4.47. The van der Waals surface area contributed by atoms with Gasteiger partial charge in [0.25, 0.3) is 0 Å². The predicted molar refractivity (Wildman–Crippen MR) is 51.9 cm³/mol. The Morgan fingerprint density at radius 2 is 2.17 bits per heavy atom. The number of alkyl halides is 1. The third-order valence-electron chi connectivity index (χ3n) is 3.65. The highest BCUT2D eigenvalue weighted by Crippen LogP contribution is 2.53. The van der Waals surface area contributed by atoms with Gasteiger partial charge < -0.3 is 0 Å². The van der Waals surface area contributed by atoms with E-state index in [4.69, 9.17) is 5.26 Å². The quantitative estimate of drug-likeness (QED) is 0.632. The zero-order valence-electron chi connectivity index (χ0n) is 7.39. The van der Waals surface area contributed by atoms with E-state index >= 15 is 0 Å². The van der Waals surface area contributed by atoms with Crippen molar-refractivity contribution in [2.45, 2.75) is 36.9 Å². The van der Waals surface area contributed by atoms with Crippen molar-refractivity contribution in [3.63, 3.8) is 0 Å². The highest BCUT2D eigenvalue weighted by Gasteiger charge is 2.47. The van der Waals surface area contributed by atoms with Crippen molar-refractivity contribution in [3.8, 4) is 6.07 Å². The molecular formula is C10H14BrN. The molecule has 0 saturated heterocycles. The van der Waals surface area contributed by atoms with Crippen LogP contribution < -0.4 is 0 Å². The molecule has 2 heteroatoms. The number of hydrogen-bond acceptors (Lipinski definition) is 1. The maximum absolute atomic E-state index is 8.99. The fourth-order valence-corrected chi connectivity index (χ4v) is 3.55. The molecule has 0 radical (unpaired) electrons. The average molecular weight is 228 g/mol. The van der Waals surface area contributed by atoms with Crippen LogP contribution in [0.15, 0.2) is 0 Å². The molecule has 0 spiro atoms. The van der Waals surface area contributed by atoms with Crippen molar-refractivity contribution in [2.75, 3.05) is 0 Å². The third kappa shape index (κ3) is 1.19. The van der Waals surface area contributed by atoms with Gasteiger partial charge in [0.2, 0.25) is 0 Å². The molecule has 1 nitrogen and oxygen atoms in total. The lowest BCUT2D eigenvalue weighted by Crippen LogP contribution is -2.30. The van der Waals surface area contributed by atoms with Crippen molar-refractivity contribution in [3.05, 3.63) is 0 Å². The number of halogens is 1. The molecule has 66 valence electrons. The van der Waals surface area contributed by atoms with Gasteiger partial charge in [0, 0.05) is 0 Å². The molecule has 0 heterocycles. The van der Waals surface area contributed by atoms with Crippen LogP contribution in [0.2, 0.25) is 0 Å². The molecule has 4 atom stereocenters. The molecule has 2 bridgehead atoms. The lowest BCUT2D eigenvalue weighted by Gasteiger charge is -2.29. The summed E-state index contributed by atoms with van der Waals surface area (Å²) in [5.41, 5.74) is 0. The van der Waals surface area contributed by atoms with Gasteiger partial charge in [-0.2, -0.15) is 5.26 Å². The monoisotopic (exact) mass is 227 g/mol. The first kappa shape index (κ1) is 8.56. The van der Waals surface area contributed by atoms with Crippen LogP contribution in [0, 0.1) is 29.1 Å². The normalized spacial score (nSPS) is 43.9. The van der Waals surface area contributed by atoms with Crippen LogP contribution >= 0.6 is 15.9 Å². The van der Waals surface area contributed by atoms with Gasteiger partial charge >= 0.3 is 0 Å². The van der Waals surface area contributed by atoms with Gasteiger partial charge in [0.05, 0.1) is 6.07 Å². The van der Waals surface area contributed by atoms with Crippen molar-refractivity contribution in [1.29, 1.82) is 5.26 Å². The minimum Gasteiger partial charge on any atom is -0.197 e. The van der Waals surface area contributed by atoms with E-state index in [9.17, 15) is 0 Å². The van der Waals surface area contributed by atoms with Crippen LogP contribution in [-0.2, 0) is 0 Å². The first-order valence-corrected chi connectivity index (χ1v) is 5.53. The van der Waals surface area contributed by atoms with E-state index in [0.29, 0.717) is 5.92 Å². The van der Waals surface area contributed by atoms with E-state index < -0.39 is 0 Å². The molecular weight excluding hydrogens is 214 g/mol. The maximum Gasteiger partial charge on any atom is 0.112 e. The Morgan fingerprint density at radius 1 is 1.42 bits per heavy atom. The Kier molecular flexibility index (Phi) is 1.95. The highest BCUT2D eigenvalue weighted by molar-refractivity contribution is 9.10. The minimum absolute atomic E-state index is 0.257. The molecule has 4 unspecified atom stereocenters. The second-order valence-corrected chi connectivity index (χ2v) is 6.12. The van der Waals surface area contributed by atoms with Crippen LogP contribution in [0.1, 0.15) is 32.6 Å². The van der Waals surface area contributed by atoms with Crippen LogP contribution in [-0.4, -0.2) is 4.32 Å². The van der Waals surface area contributed by atoms with E-state index in [1.54, 1.807) is 0 Å². The molecule has 2 saturated carbocycles. The summed E-state index contributed by atoms with van der Waals surface area (Å²) in [7, 11) is 0. The van der Waals surface area contributed by atoms with Gasteiger partial charge in [-0.1, -0.05) is 22.4 Å². The fraction of sp³-hybridized carbons (Fsp3) is 0.900. The van der Waals surface area contributed by atoms with Gasteiger partial charge in [0.1, 0.15) is 4.32 Å². The van der Waals surface area contributed by atoms with E-state index in [0.717, 1.165) is 11.8 Å². The minimum atomic E-state index is -0.257.